The minimum atomic E-state index is 0.0266. The molecule has 7 heteroatoms. The molecule has 0 unspecified atom stereocenters. The molecule has 0 N–H and O–H groups in total. The van der Waals surface area contributed by atoms with Crippen molar-refractivity contribution in [2.24, 2.45) is 0 Å². The summed E-state index contributed by atoms with van der Waals surface area (Å²) in [7, 11) is 0. The highest BCUT2D eigenvalue weighted by molar-refractivity contribution is 5.95. The van der Waals surface area contributed by atoms with Gasteiger partial charge in [-0.2, -0.15) is 0 Å². The Hall–Kier alpha value is -2.64. The first-order valence-electron chi connectivity index (χ1n) is 10.2. The number of aromatic nitrogens is 1. The molecule has 2 saturated heterocycles. The van der Waals surface area contributed by atoms with E-state index >= 15 is 0 Å². The van der Waals surface area contributed by atoms with Gasteiger partial charge in [-0.3, -0.25) is 14.5 Å². The molecule has 154 valence electrons. The molecule has 0 spiro atoms. The van der Waals surface area contributed by atoms with Gasteiger partial charge in [0.25, 0.3) is 5.91 Å². The monoisotopic (exact) mass is 396 g/mol. The number of piperazine rings is 1. The average molecular weight is 396 g/mol. The molecule has 7 nitrogen and oxygen atoms in total. The van der Waals surface area contributed by atoms with Crippen molar-refractivity contribution in [2.75, 3.05) is 59.0 Å². The van der Waals surface area contributed by atoms with Gasteiger partial charge in [-0.15, -0.1) is 0 Å². The smallest absolute Gasteiger partial charge is 0.254 e. The molecule has 4 rings (SSSR count). The minimum Gasteiger partial charge on any atom is -0.379 e. The standard InChI is InChI=1S/C22H28N4O3/c1-18-4-5-19(16-20(18)24-6-2-3-7-24)22(28)26-10-8-25(9-11-26)21(27)17-23-12-14-29-15-13-23/h2-7,16H,8-15,17H2,1H3. The van der Waals surface area contributed by atoms with E-state index < -0.39 is 0 Å². The predicted octanol–water partition coefficient (Wildman–Crippen LogP) is 1.40. The third-order valence-corrected chi connectivity index (χ3v) is 5.72. The van der Waals surface area contributed by atoms with E-state index in [1.165, 1.54) is 0 Å². The van der Waals surface area contributed by atoms with Gasteiger partial charge in [0.1, 0.15) is 0 Å². The lowest BCUT2D eigenvalue weighted by atomic mass is 10.1. The van der Waals surface area contributed by atoms with Gasteiger partial charge in [0.2, 0.25) is 5.91 Å². The number of nitrogens with zero attached hydrogens (tertiary/aromatic N) is 4. The Morgan fingerprint density at radius 1 is 0.931 bits per heavy atom. The maximum atomic E-state index is 13.0. The van der Waals surface area contributed by atoms with Crippen molar-refractivity contribution in [3.8, 4) is 5.69 Å². The normalized spacial score (nSPS) is 18.1. The van der Waals surface area contributed by atoms with E-state index in [0.29, 0.717) is 51.5 Å². The summed E-state index contributed by atoms with van der Waals surface area (Å²) in [5.41, 5.74) is 2.82. The van der Waals surface area contributed by atoms with Crippen LogP contribution in [0.2, 0.25) is 0 Å². The van der Waals surface area contributed by atoms with Gasteiger partial charge in [-0.1, -0.05) is 6.07 Å². The number of hydrogen-bond acceptors (Lipinski definition) is 4. The molecule has 2 aromatic rings. The van der Waals surface area contributed by atoms with Gasteiger partial charge in [-0.05, 0) is 36.8 Å². The van der Waals surface area contributed by atoms with Gasteiger partial charge < -0.3 is 19.1 Å². The number of hydrogen-bond donors (Lipinski definition) is 0. The Bertz CT molecular complexity index is 851. The molecule has 1 aromatic carbocycles. The highest BCUT2D eigenvalue weighted by Gasteiger charge is 2.26. The van der Waals surface area contributed by atoms with Crippen LogP contribution >= 0.6 is 0 Å². The van der Waals surface area contributed by atoms with E-state index in [1.54, 1.807) is 0 Å². The third kappa shape index (κ3) is 4.52. The largest absolute Gasteiger partial charge is 0.379 e. The number of aryl methyl sites for hydroxylation is 1. The molecule has 1 aromatic heterocycles. The van der Waals surface area contributed by atoms with Gasteiger partial charge in [-0.25, -0.2) is 0 Å². The molecule has 0 radical (unpaired) electrons. The second kappa shape index (κ2) is 8.80. The number of benzene rings is 1. The Balaban J connectivity index is 1.35. The summed E-state index contributed by atoms with van der Waals surface area (Å²) in [6.45, 7) is 7.80. The Morgan fingerprint density at radius 3 is 2.28 bits per heavy atom. The summed E-state index contributed by atoms with van der Waals surface area (Å²) in [5, 5.41) is 0. The van der Waals surface area contributed by atoms with Crippen LogP contribution in [0.3, 0.4) is 0 Å². The molecule has 3 heterocycles. The zero-order chi connectivity index (χ0) is 20.2. The molecule has 0 atom stereocenters. The number of carbonyl (C=O) groups is 2. The summed E-state index contributed by atoms with van der Waals surface area (Å²) in [4.78, 5) is 31.4. The van der Waals surface area contributed by atoms with Crippen LogP contribution in [-0.2, 0) is 9.53 Å². The zero-order valence-corrected chi connectivity index (χ0v) is 16.9. The lowest BCUT2D eigenvalue weighted by Gasteiger charge is -2.36. The van der Waals surface area contributed by atoms with E-state index in [-0.39, 0.29) is 11.8 Å². The van der Waals surface area contributed by atoms with E-state index in [0.717, 1.165) is 24.3 Å². The first-order valence-corrected chi connectivity index (χ1v) is 10.2. The molecule has 29 heavy (non-hydrogen) atoms. The molecule has 0 saturated carbocycles. The van der Waals surface area contributed by atoms with E-state index in [2.05, 4.69) is 4.90 Å². The summed E-state index contributed by atoms with van der Waals surface area (Å²) in [6.07, 6.45) is 3.96. The van der Waals surface area contributed by atoms with Crippen LogP contribution < -0.4 is 0 Å². The lowest BCUT2D eigenvalue weighted by molar-refractivity contribution is -0.134. The van der Waals surface area contributed by atoms with Crippen molar-refractivity contribution in [2.45, 2.75) is 6.92 Å². The molecule has 0 bridgehead atoms. The maximum Gasteiger partial charge on any atom is 0.254 e. The average Bonchev–Trinajstić information content (AvgIpc) is 3.29. The SMILES string of the molecule is Cc1ccc(C(=O)N2CCN(C(=O)CN3CCOCC3)CC2)cc1-n1cccc1. The fraction of sp³-hybridized carbons (Fsp3) is 0.455. The van der Waals surface area contributed by atoms with Crippen molar-refractivity contribution >= 4 is 11.8 Å². The van der Waals surface area contributed by atoms with Crippen molar-refractivity contribution in [3.05, 3.63) is 53.9 Å². The summed E-state index contributed by atoms with van der Waals surface area (Å²) < 4.78 is 7.36. The molecular weight excluding hydrogens is 368 g/mol. The highest BCUT2D eigenvalue weighted by Crippen LogP contribution is 2.18. The lowest BCUT2D eigenvalue weighted by Crippen LogP contribution is -2.53. The van der Waals surface area contributed by atoms with Gasteiger partial charge in [0, 0.05) is 62.9 Å². The van der Waals surface area contributed by atoms with Gasteiger partial charge in [0.05, 0.1) is 19.8 Å². The second-order valence-corrected chi connectivity index (χ2v) is 7.65. The minimum absolute atomic E-state index is 0.0266. The van der Waals surface area contributed by atoms with Crippen molar-refractivity contribution in [3.63, 3.8) is 0 Å². The van der Waals surface area contributed by atoms with Crippen molar-refractivity contribution in [1.82, 2.24) is 19.3 Å². The molecule has 0 aliphatic carbocycles. The van der Waals surface area contributed by atoms with Crippen LogP contribution in [0.4, 0.5) is 0 Å². The van der Waals surface area contributed by atoms with E-state index in [9.17, 15) is 9.59 Å². The number of amides is 2. The highest BCUT2D eigenvalue weighted by atomic mass is 16.5. The molecule has 2 aliphatic rings. The van der Waals surface area contributed by atoms with Crippen LogP contribution in [-0.4, -0.2) is 90.1 Å². The Labute approximate surface area is 171 Å². The Morgan fingerprint density at radius 2 is 1.59 bits per heavy atom. The number of rotatable bonds is 4. The van der Waals surface area contributed by atoms with E-state index in [1.807, 2.05) is 64.0 Å². The topological polar surface area (TPSA) is 58.0 Å². The molecule has 2 fully saturated rings. The molecular formula is C22H28N4O3. The first kappa shape index (κ1) is 19.7. The molecule has 2 amide bonds. The maximum absolute atomic E-state index is 13.0. The van der Waals surface area contributed by atoms with Crippen LogP contribution in [0.15, 0.2) is 42.7 Å². The van der Waals surface area contributed by atoms with Gasteiger partial charge >= 0.3 is 0 Å². The van der Waals surface area contributed by atoms with Crippen LogP contribution in [0.25, 0.3) is 5.69 Å². The van der Waals surface area contributed by atoms with Crippen molar-refractivity contribution in [1.29, 1.82) is 0 Å². The van der Waals surface area contributed by atoms with Crippen LogP contribution in [0.1, 0.15) is 15.9 Å². The predicted molar refractivity (Wildman–Crippen MR) is 110 cm³/mol. The van der Waals surface area contributed by atoms with E-state index in [4.69, 9.17) is 4.74 Å². The van der Waals surface area contributed by atoms with Crippen molar-refractivity contribution < 1.29 is 14.3 Å². The second-order valence-electron chi connectivity index (χ2n) is 7.65. The van der Waals surface area contributed by atoms with Gasteiger partial charge in [0.15, 0.2) is 0 Å². The fourth-order valence-electron chi connectivity index (χ4n) is 3.91. The van der Waals surface area contributed by atoms with Crippen LogP contribution in [0.5, 0.6) is 0 Å². The quantitative estimate of drug-likeness (QED) is 0.784. The summed E-state index contributed by atoms with van der Waals surface area (Å²) in [6, 6.07) is 9.78. The zero-order valence-electron chi connectivity index (χ0n) is 16.9. The summed E-state index contributed by atoms with van der Waals surface area (Å²) in [5.74, 6) is 0.169. The number of ether oxygens (including phenoxy) is 1. The number of morpholine rings is 1. The van der Waals surface area contributed by atoms with Crippen LogP contribution in [0, 0.1) is 6.92 Å². The molecule has 2 aliphatic heterocycles. The third-order valence-electron chi connectivity index (χ3n) is 5.72. The summed E-state index contributed by atoms with van der Waals surface area (Å²) >= 11 is 0. The Kier molecular flexibility index (Phi) is 5.97. The number of carbonyl (C=O) groups excluding carboxylic acids is 2. The fourth-order valence-corrected chi connectivity index (χ4v) is 3.91. The first-order chi connectivity index (χ1) is 14.1.